The topological polar surface area (TPSA) is 95.7 Å². The van der Waals surface area contributed by atoms with Crippen molar-refractivity contribution in [3.8, 4) is 0 Å². The lowest BCUT2D eigenvalue weighted by Crippen LogP contribution is -2.45. The number of benzene rings is 1. The molecule has 1 fully saturated rings. The second-order valence-corrected chi connectivity index (χ2v) is 8.70. The van der Waals surface area contributed by atoms with E-state index >= 15 is 0 Å². The fourth-order valence-electron chi connectivity index (χ4n) is 2.44. The maximum Gasteiger partial charge on any atom is 0.243 e. The van der Waals surface area contributed by atoms with Crippen LogP contribution in [0.4, 0.5) is 5.69 Å². The smallest absolute Gasteiger partial charge is 0.243 e. The summed E-state index contributed by atoms with van der Waals surface area (Å²) in [5.74, 6) is -0.367. The molecule has 1 aliphatic rings. The van der Waals surface area contributed by atoms with Crippen molar-refractivity contribution in [3.63, 3.8) is 0 Å². The Morgan fingerprint density at radius 1 is 1.21 bits per heavy atom. The Bertz CT molecular complexity index is 698. The summed E-state index contributed by atoms with van der Waals surface area (Å²) in [5, 5.41) is 2.66. The van der Waals surface area contributed by atoms with Crippen LogP contribution in [0.1, 0.15) is 20.3 Å². The molecule has 24 heavy (non-hydrogen) atoms. The van der Waals surface area contributed by atoms with Crippen LogP contribution in [0, 0.1) is 0 Å². The van der Waals surface area contributed by atoms with E-state index in [9.17, 15) is 13.2 Å². The van der Waals surface area contributed by atoms with E-state index in [2.05, 4.69) is 10.2 Å². The van der Waals surface area contributed by atoms with Gasteiger partial charge in [0.25, 0.3) is 0 Å². The number of hydrogen-bond donors (Lipinski definition) is 2. The number of carbonyl (C=O) groups is 1. The van der Waals surface area contributed by atoms with Crippen LogP contribution in [-0.2, 0) is 14.8 Å². The normalized spacial score (nSPS) is 18.2. The summed E-state index contributed by atoms with van der Waals surface area (Å²) < 4.78 is 27.2. The maximum absolute atomic E-state index is 12.9. The van der Waals surface area contributed by atoms with Crippen molar-refractivity contribution in [2.45, 2.75) is 30.7 Å². The van der Waals surface area contributed by atoms with Gasteiger partial charge in [-0.15, -0.1) is 0 Å². The van der Waals surface area contributed by atoms with Gasteiger partial charge in [0, 0.05) is 25.3 Å². The minimum atomic E-state index is -3.58. The summed E-state index contributed by atoms with van der Waals surface area (Å²) in [5.41, 5.74) is 5.14. The van der Waals surface area contributed by atoms with Gasteiger partial charge < -0.3 is 16.0 Å². The molecule has 1 amide bonds. The van der Waals surface area contributed by atoms with Crippen molar-refractivity contribution in [2.24, 2.45) is 5.73 Å². The molecule has 0 unspecified atom stereocenters. The lowest BCUT2D eigenvalue weighted by molar-refractivity contribution is -0.120. The minimum absolute atomic E-state index is 0.180. The van der Waals surface area contributed by atoms with Gasteiger partial charge in [0.15, 0.2) is 0 Å². The van der Waals surface area contributed by atoms with E-state index in [1.165, 1.54) is 10.4 Å². The van der Waals surface area contributed by atoms with Gasteiger partial charge in [0.2, 0.25) is 15.9 Å². The van der Waals surface area contributed by atoms with Crippen molar-refractivity contribution in [3.05, 3.63) is 24.3 Å². The van der Waals surface area contributed by atoms with Gasteiger partial charge >= 0.3 is 0 Å². The fraction of sp³-hybridized carbons (Fsp3) is 0.562. The number of carbonyl (C=O) groups excluding carboxylic acids is 1. The van der Waals surface area contributed by atoms with Crippen LogP contribution < -0.4 is 11.1 Å². The average molecular weight is 354 g/mol. The molecule has 0 aliphatic carbocycles. The lowest BCUT2D eigenvalue weighted by atomic mass is 10.1. The van der Waals surface area contributed by atoms with E-state index in [0.29, 0.717) is 25.3 Å². The quantitative estimate of drug-likeness (QED) is 0.829. The van der Waals surface area contributed by atoms with Crippen molar-refractivity contribution in [1.29, 1.82) is 0 Å². The van der Waals surface area contributed by atoms with E-state index in [1.54, 1.807) is 32.0 Å². The van der Waals surface area contributed by atoms with Crippen LogP contribution in [0.3, 0.4) is 0 Å². The van der Waals surface area contributed by atoms with Crippen LogP contribution in [0.25, 0.3) is 0 Å². The van der Waals surface area contributed by atoms with E-state index < -0.39 is 15.6 Å². The average Bonchev–Trinajstić information content (AvgIpc) is 2.71. The Kier molecular flexibility index (Phi) is 5.64. The van der Waals surface area contributed by atoms with Gasteiger partial charge in [-0.1, -0.05) is 6.07 Å². The number of rotatable bonds is 4. The molecule has 134 valence electrons. The van der Waals surface area contributed by atoms with Crippen LogP contribution in [0.15, 0.2) is 29.2 Å². The number of hydrogen-bond acceptors (Lipinski definition) is 5. The Morgan fingerprint density at radius 2 is 1.92 bits per heavy atom. The highest BCUT2D eigenvalue weighted by Crippen LogP contribution is 2.21. The van der Waals surface area contributed by atoms with Crippen LogP contribution in [-0.4, -0.2) is 62.3 Å². The second-order valence-electron chi connectivity index (χ2n) is 6.76. The number of likely N-dealkylation sites (N-methyl/N-ethyl adjacent to an activating group) is 1. The molecule has 1 saturated heterocycles. The van der Waals surface area contributed by atoms with Gasteiger partial charge in [-0.3, -0.25) is 4.79 Å². The van der Waals surface area contributed by atoms with Crippen molar-refractivity contribution in [1.82, 2.24) is 9.21 Å². The molecule has 2 rings (SSSR count). The third-order valence-electron chi connectivity index (χ3n) is 3.99. The number of amides is 1. The highest BCUT2D eigenvalue weighted by atomic mass is 32.2. The molecule has 8 heteroatoms. The highest BCUT2D eigenvalue weighted by molar-refractivity contribution is 7.89. The zero-order chi connectivity index (χ0) is 18.0. The summed E-state index contributed by atoms with van der Waals surface area (Å²) >= 11 is 0. The summed E-state index contributed by atoms with van der Waals surface area (Å²) in [6.45, 7) is 5.74. The predicted octanol–water partition coefficient (Wildman–Crippen LogP) is 0.689. The molecule has 0 atom stereocenters. The third kappa shape index (κ3) is 4.54. The van der Waals surface area contributed by atoms with Crippen molar-refractivity contribution < 1.29 is 13.2 Å². The van der Waals surface area contributed by atoms with Crippen LogP contribution >= 0.6 is 0 Å². The van der Waals surface area contributed by atoms with Crippen LogP contribution in [0.5, 0.6) is 0 Å². The number of anilines is 1. The Balaban J connectivity index is 2.22. The molecule has 0 radical (unpaired) electrons. The minimum Gasteiger partial charge on any atom is -0.324 e. The van der Waals surface area contributed by atoms with Crippen LogP contribution in [0.2, 0.25) is 0 Å². The molecule has 1 aromatic rings. The summed E-state index contributed by atoms with van der Waals surface area (Å²) in [4.78, 5) is 14.3. The fourth-order valence-corrected chi connectivity index (χ4v) is 3.95. The molecular weight excluding hydrogens is 328 g/mol. The summed E-state index contributed by atoms with van der Waals surface area (Å²) in [6, 6.07) is 6.30. The zero-order valence-corrected chi connectivity index (χ0v) is 15.3. The predicted molar refractivity (Wildman–Crippen MR) is 94.2 cm³/mol. The zero-order valence-electron chi connectivity index (χ0n) is 14.4. The molecule has 1 aromatic carbocycles. The maximum atomic E-state index is 12.9. The summed E-state index contributed by atoms with van der Waals surface area (Å²) in [6.07, 6.45) is 0.799. The molecule has 1 aliphatic heterocycles. The molecule has 0 spiro atoms. The van der Waals surface area contributed by atoms with Gasteiger partial charge in [-0.05, 0) is 52.1 Å². The Labute approximate surface area is 143 Å². The largest absolute Gasteiger partial charge is 0.324 e. The lowest BCUT2D eigenvalue weighted by Gasteiger charge is -2.21. The molecule has 0 aromatic heterocycles. The number of nitrogens with one attached hydrogen (secondary N) is 1. The first-order valence-electron chi connectivity index (χ1n) is 8.00. The van der Waals surface area contributed by atoms with Crippen molar-refractivity contribution in [2.75, 3.05) is 38.5 Å². The molecule has 1 heterocycles. The highest BCUT2D eigenvalue weighted by Gasteiger charge is 2.27. The Morgan fingerprint density at radius 3 is 2.58 bits per heavy atom. The Hall–Kier alpha value is -1.48. The number of sulfonamides is 1. The standard InChI is InChI=1S/C16H26N4O3S/c1-16(2,17)15(21)18-13-6-4-7-14(12-13)24(22,23)20-9-5-8-19(3)10-11-20/h4,6-7,12H,5,8-11,17H2,1-3H3,(H,18,21). The van der Waals surface area contributed by atoms with Gasteiger partial charge in [0.05, 0.1) is 10.4 Å². The van der Waals surface area contributed by atoms with E-state index in [1.807, 2.05) is 7.05 Å². The monoisotopic (exact) mass is 354 g/mol. The molecule has 0 bridgehead atoms. The van der Waals surface area contributed by atoms with Crippen molar-refractivity contribution >= 4 is 21.6 Å². The SMILES string of the molecule is CN1CCCN(S(=O)(=O)c2cccc(NC(=O)C(C)(C)N)c2)CC1. The molecule has 7 nitrogen and oxygen atoms in total. The molecular formula is C16H26N4O3S. The van der Waals surface area contributed by atoms with E-state index in [0.717, 1.165) is 13.0 Å². The van der Waals surface area contributed by atoms with E-state index in [-0.39, 0.29) is 10.8 Å². The van der Waals surface area contributed by atoms with Gasteiger partial charge in [-0.2, -0.15) is 4.31 Å². The number of nitrogens with two attached hydrogens (primary N) is 1. The van der Waals surface area contributed by atoms with E-state index in [4.69, 9.17) is 5.73 Å². The first kappa shape index (κ1) is 18.9. The van der Waals surface area contributed by atoms with Gasteiger partial charge in [0.1, 0.15) is 0 Å². The number of nitrogens with zero attached hydrogens (tertiary/aromatic N) is 2. The molecule has 3 N–H and O–H groups in total. The van der Waals surface area contributed by atoms with Gasteiger partial charge in [-0.25, -0.2) is 8.42 Å². The third-order valence-corrected chi connectivity index (χ3v) is 5.89. The molecule has 0 saturated carbocycles. The summed E-state index contributed by atoms with van der Waals surface area (Å²) in [7, 11) is -1.59. The first-order chi connectivity index (χ1) is 11.1. The first-order valence-corrected chi connectivity index (χ1v) is 9.44. The second kappa shape index (κ2) is 7.18.